The van der Waals surface area contributed by atoms with Gasteiger partial charge in [0.2, 0.25) is 5.91 Å². The summed E-state index contributed by atoms with van der Waals surface area (Å²) in [7, 11) is 0. The number of carbonyl (C=O) groups excluding carboxylic acids is 3. The minimum absolute atomic E-state index is 0.0367. The Kier molecular flexibility index (Phi) is 7.54. The number of carbonyl (C=O) groups is 3. The number of rotatable bonds is 6. The molecule has 0 bridgehead atoms. The molecule has 0 unspecified atom stereocenters. The first-order valence-electron chi connectivity index (χ1n) is 11.6. The Balaban J connectivity index is 1.32. The van der Waals surface area contributed by atoms with E-state index < -0.39 is 11.2 Å². The third-order valence-electron chi connectivity index (χ3n) is 6.64. The molecular weight excluding hydrogens is 412 g/mol. The minimum atomic E-state index is -0.537. The van der Waals surface area contributed by atoms with Crippen LogP contribution in [0.3, 0.4) is 0 Å². The van der Waals surface area contributed by atoms with Crippen molar-refractivity contribution in [2.75, 3.05) is 11.9 Å². The topological polar surface area (TPSA) is 75.7 Å². The van der Waals surface area contributed by atoms with Gasteiger partial charge in [0.15, 0.2) is 6.61 Å². The van der Waals surface area contributed by atoms with Gasteiger partial charge < -0.3 is 15.0 Å². The molecular formula is C24H32N2O4S. The fraction of sp³-hybridized carbons (Fsp3) is 0.625. The Bertz CT molecular complexity index is 785. The molecule has 1 heterocycles. The van der Waals surface area contributed by atoms with E-state index >= 15 is 0 Å². The van der Waals surface area contributed by atoms with E-state index in [9.17, 15) is 14.4 Å². The normalized spacial score (nSPS) is 22.3. The van der Waals surface area contributed by atoms with Gasteiger partial charge in [0.05, 0.1) is 17.4 Å². The van der Waals surface area contributed by atoms with Crippen molar-refractivity contribution in [1.82, 2.24) is 4.90 Å². The molecule has 1 aliphatic heterocycles. The van der Waals surface area contributed by atoms with Crippen LogP contribution in [-0.4, -0.2) is 46.6 Å². The van der Waals surface area contributed by atoms with Crippen molar-refractivity contribution >= 4 is 35.2 Å². The maximum absolute atomic E-state index is 13.1. The first-order valence-corrected chi connectivity index (χ1v) is 12.5. The number of thioether (sulfide) groups is 1. The highest BCUT2D eigenvalue weighted by Crippen LogP contribution is 2.36. The van der Waals surface area contributed by atoms with Crippen molar-refractivity contribution in [2.24, 2.45) is 0 Å². The molecule has 1 aromatic rings. The molecule has 7 heteroatoms. The molecule has 4 rings (SSSR count). The molecule has 31 heavy (non-hydrogen) atoms. The molecule has 1 N–H and O–H groups in total. The van der Waals surface area contributed by atoms with Crippen molar-refractivity contribution in [3.05, 3.63) is 24.3 Å². The largest absolute Gasteiger partial charge is 0.456 e. The van der Waals surface area contributed by atoms with Crippen LogP contribution >= 0.6 is 11.8 Å². The fourth-order valence-corrected chi connectivity index (χ4v) is 6.17. The molecule has 168 valence electrons. The monoisotopic (exact) mass is 444 g/mol. The molecule has 1 atom stereocenters. The summed E-state index contributed by atoms with van der Waals surface area (Å²) in [4.78, 5) is 40.9. The second-order valence-electron chi connectivity index (χ2n) is 8.84. The molecule has 0 aromatic heterocycles. The number of esters is 1. The standard InChI is InChI=1S/C24H32N2O4S/c27-22(26(17-9-3-1-4-10-17)18-11-5-2-6-12-18)16-30-23(28)15-21-24(29)25-19-13-7-8-14-20(19)31-21/h7-8,13-14,17-18,21H,1-6,9-12,15-16H2,(H,25,29)/t21-/m1/s1. The average molecular weight is 445 g/mol. The summed E-state index contributed by atoms with van der Waals surface area (Å²) in [5, 5.41) is 2.30. The smallest absolute Gasteiger partial charge is 0.307 e. The maximum Gasteiger partial charge on any atom is 0.307 e. The Morgan fingerprint density at radius 1 is 0.968 bits per heavy atom. The zero-order chi connectivity index (χ0) is 21.6. The van der Waals surface area contributed by atoms with Crippen LogP contribution in [0, 0.1) is 0 Å². The quantitative estimate of drug-likeness (QED) is 0.653. The third kappa shape index (κ3) is 5.62. The van der Waals surface area contributed by atoms with E-state index in [0.717, 1.165) is 61.9 Å². The number of ether oxygens (including phenoxy) is 1. The molecule has 2 saturated carbocycles. The molecule has 2 amide bonds. The van der Waals surface area contributed by atoms with Crippen molar-refractivity contribution in [2.45, 2.75) is 92.9 Å². The zero-order valence-electron chi connectivity index (χ0n) is 18.0. The number of nitrogens with one attached hydrogen (secondary N) is 1. The SMILES string of the molecule is O=C(C[C@H]1Sc2ccccc2NC1=O)OCC(=O)N(C1CCCCC1)C1CCCCC1. The number of para-hydroxylation sites is 1. The summed E-state index contributed by atoms with van der Waals surface area (Å²) in [6, 6.07) is 8.09. The first kappa shape index (κ1) is 22.2. The van der Waals surface area contributed by atoms with Crippen molar-refractivity contribution in [3.63, 3.8) is 0 Å². The van der Waals surface area contributed by atoms with Crippen LogP contribution in [0.1, 0.15) is 70.6 Å². The number of benzene rings is 1. The van der Waals surface area contributed by atoms with Crippen molar-refractivity contribution in [1.29, 1.82) is 0 Å². The van der Waals surface area contributed by atoms with Crippen LogP contribution in [-0.2, 0) is 19.1 Å². The molecule has 2 aliphatic carbocycles. The summed E-state index contributed by atoms with van der Waals surface area (Å²) in [6.45, 7) is -0.221. The van der Waals surface area contributed by atoms with E-state index in [1.165, 1.54) is 24.6 Å². The van der Waals surface area contributed by atoms with Gasteiger partial charge in [-0.3, -0.25) is 14.4 Å². The number of amides is 2. The second kappa shape index (κ2) is 10.5. The predicted molar refractivity (Wildman–Crippen MR) is 121 cm³/mol. The summed E-state index contributed by atoms with van der Waals surface area (Å²) in [6.07, 6.45) is 11.3. The van der Waals surface area contributed by atoms with Crippen LogP contribution in [0.2, 0.25) is 0 Å². The number of nitrogens with zero attached hydrogens (tertiary/aromatic N) is 1. The molecule has 3 aliphatic rings. The van der Waals surface area contributed by atoms with Gasteiger partial charge in [0.1, 0.15) is 0 Å². The molecule has 1 aromatic carbocycles. The van der Waals surface area contributed by atoms with Gasteiger partial charge in [-0.2, -0.15) is 0 Å². The first-order chi connectivity index (χ1) is 15.1. The molecule has 0 radical (unpaired) electrons. The average Bonchev–Trinajstić information content (AvgIpc) is 2.80. The minimum Gasteiger partial charge on any atom is -0.456 e. The number of fused-ring (bicyclic) bond motifs is 1. The van der Waals surface area contributed by atoms with Gasteiger partial charge in [-0.25, -0.2) is 0 Å². The van der Waals surface area contributed by atoms with E-state index in [1.807, 2.05) is 24.3 Å². The van der Waals surface area contributed by atoms with Crippen molar-refractivity contribution < 1.29 is 19.1 Å². The number of hydrogen-bond acceptors (Lipinski definition) is 5. The second-order valence-corrected chi connectivity index (χ2v) is 10.1. The van der Waals surface area contributed by atoms with Crippen LogP contribution in [0.5, 0.6) is 0 Å². The lowest BCUT2D eigenvalue weighted by Crippen LogP contribution is -2.50. The van der Waals surface area contributed by atoms with E-state index in [2.05, 4.69) is 10.2 Å². The Morgan fingerprint density at radius 2 is 1.58 bits per heavy atom. The number of anilines is 1. The summed E-state index contributed by atoms with van der Waals surface area (Å²) in [5.41, 5.74) is 0.771. The predicted octanol–water partition coefficient (Wildman–Crippen LogP) is 4.53. The van der Waals surface area contributed by atoms with Crippen LogP contribution in [0.25, 0.3) is 0 Å². The maximum atomic E-state index is 13.1. The lowest BCUT2D eigenvalue weighted by atomic mass is 9.88. The summed E-state index contributed by atoms with van der Waals surface area (Å²) >= 11 is 1.37. The lowest BCUT2D eigenvalue weighted by Gasteiger charge is -2.41. The van der Waals surface area contributed by atoms with Gasteiger partial charge in [-0.05, 0) is 37.8 Å². The van der Waals surface area contributed by atoms with Crippen LogP contribution < -0.4 is 5.32 Å². The van der Waals surface area contributed by atoms with Gasteiger partial charge in [0.25, 0.3) is 5.91 Å². The van der Waals surface area contributed by atoms with E-state index in [-0.39, 0.29) is 36.9 Å². The van der Waals surface area contributed by atoms with Crippen LogP contribution in [0.15, 0.2) is 29.2 Å². The molecule has 6 nitrogen and oxygen atoms in total. The van der Waals surface area contributed by atoms with Crippen LogP contribution in [0.4, 0.5) is 5.69 Å². The molecule has 0 saturated heterocycles. The third-order valence-corrected chi connectivity index (χ3v) is 7.91. The Hall–Kier alpha value is -2.02. The highest BCUT2D eigenvalue weighted by molar-refractivity contribution is 8.01. The summed E-state index contributed by atoms with van der Waals surface area (Å²) in [5.74, 6) is -0.760. The van der Waals surface area contributed by atoms with E-state index in [1.54, 1.807) is 0 Å². The van der Waals surface area contributed by atoms with Gasteiger partial charge in [0, 0.05) is 17.0 Å². The van der Waals surface area contributed by atoms with E-state index in [0.29, 0.717) is 0 Å². The summed E-state index contributed by atoms with van der Waals surface area (Å²) < 4.78 is 5.38. The van der Waals surface area contributed by atoms with Gasteiger partial charge in [-0.1, -0.05) is 50.7 Å². The zero-order valence-corrected chi connectivity index (χ0v) is 18.8. The molecule has 2 fully saturated rings. The van der Waals surface area contributed by atoms with Crippen molar-refractivity contribution in [3.8, 4) is 0 Å². The molecule has 0 spiro atoms. The van der Waals surface area contributed by atoms with Gasteiger partial charge in [-0.15, -0.1) is 11.8 Å². The Morgan fingerprint density at radius 3 is 2.23 bits per heavy atom. The van der Waals surface area contributed by atoms with Gasteiger partial charge >= 0.3 is 5.97 Å². The highest BCUT2D eigenvalue weighted by atomic mass is 32.2. The fourth-order valence-electron chi connectivity index (χ4n) is 5.08. The highest BCUT2D eigenvalue weighted by Gasteiger charge is 2.34. The Labute approximate surface area is 188 Å². The lowest BCUT2D eigenvalue weighted by molar-refractivity contribution is -0.155. The van der Waals surface area contributed by atoms with E-state index in [4.69, 9.17) is 4.74 Å². The number of hydrogen-bond donors (Lipinski definition) is 1.